The summed E-state index contributed by atoms with van der Waals surface area (Å²) in [6.45, 7) is 0.380. The molecule has 22 heavy (non-hydrogen) atoms. The zero-order valence-corrected chi connectivity index (χ0v) is 12.2. The topological polar surface area (TPSA) is 62.1 Å². The second-order valence-corrected chi connectivity index (χ2v) is 4.58. The summed E-state index contributed by atoms with van der Waals surface area (Å²) in [6, 6.07) is 18.7. The van der Waals surface area contributed by atoms with E-state index < -0.39 is 5.91 Å². The molecule has 1 N–H and O–H groups in total. The molecule has 2 aromatic carbocycles. The molecule has 0 aliphatic carbocycles. The molecule has 0 radical (unpaired) electrons. The van der Waals surface area contributed by atoms with Crippen molar-refractivity contribution in [1.82, 2.24) is 5.32 Å². The number of nitrogens with zero attached hydrogens (tertiary/aromatic N) is 1. The van der Waals surface area contributed by atoms with Gasteiger partial charge in [0.25, 0.3) is 5.91 Å². The normalized spacial score (nSPS) is 10.6. The fourth-order valence-corrected chi connectivity index (χ4v) is 1.96. The molecule has 2 rings (SSSR count). The van der Waals surface area contributed by atoms with Crippen LogP contribution < -0.4 is 10.1 Å². The summed E-state index contributed by atoms with van der Waals surface area (Å²) in [4.78, 5) is 12.1. The van der Waals surface area contributed by atoms with Gasteiger partial charge in [-0.05, 0) is 17.7 Å². The predicted molar refractivity (Wildman–Crippen MR) is 84.9 cm³/mol. The van der Waals surface area contributed by atoms with Crippen molar-refractivity contribution in [2.75, 3.05) is 7.11 Å². The Bertz CT molecular complexity index is 715. The number of benzene rings is 2. The van der Waals surface area contributed by atoms with Crippen molar-refractivity contribution < 1.29 is 9.53 Å². The molecular formula is C18H16N2O2. The molecule has 2 aromatic rings. The van der Waals surface area contributed by atoms with E-state index in [0.717, 1.165) is 5.56 Å². The van der Waals surface area contributed by atoms with Crippen LogP contribution in [0.25, 0.3) is 6.08 Å². The van der Waals surface area contributed by atoms with E-state index in [2.05, 4.69) is 5.32 Å². The molecule has 0 saturated carbocycles. The Labute approximate surface area is 129 Å². The molecule has 0 unspecified atom stereocenters. The lowest BCUT2D eigenvalue weighted by Crippen LogP contribution is -2.23. The average molecular weight is 292 g/mol. The lowest BCUT2D eigenvalue weighted by molar-refractivity contribution is -0.117. The molecular weight excluding hydrogens is 276 g/mol. The number of rotatable bonds is 5. The number of hydrogen-bond donors (Lipinski definition) is 1. The third kappa shape index (κ3) is 3.97. The molecule has 4 heteroatoms. The van der Waals surface area contributed by atoms with Crippen LogP contribution in [0.5, 0.6) is 5.75 Å². The Kier molecular flexibility index (Phi) is 5.33. The molecule has 0 atom stereocenters. The van der Waals surface area contributed by atoms with Crippen LogP contribution in [0.1, 0.15) is 11.1 Å². The van der Waals surface area contributed by atoms with Crippen LogP contribution in [0.2, 0.25) is 0 Å². The highest BCUT2D eigenvalue weighted by molar-refractivity contribution is 6.01. The first-order chi connectivity index (χ1) is 10.7. The van der Waals surface area contributed by atoms with E-state index in [4.69, 9.17) is 4.74 Å². The third-order valence-electron chi connectivity index (χ3n) is 3.10. The molecule has 0 heterocycles. The molecule has 0 spiro atoms. The summed E-state index contributed by atoms with van der Waals surface area (Å²) in [5.41, 5.74) is 1.71. The Morgan fingerprint density at radius 3 is 2.55 bits per heavy atom. The van der Waals surface area contributed by atoms with Crippen molar-refractivity contribution in [3.8, 4) is 11.8 Å². The van der Waals surface area contributed by atoms with Gasteiger partial charge in [-0.3, -0.25) is 4.79 Å². The van der Waals surface area contributed by atoms with Crippen molar-refractivity contribution in [2.24, 2.45) is 0 Å². The fourth-order valence-electron chi connectivity index (χ4n) is 1.96. The number of nitriles is 1. The van der Waals surface area contributed by atoms with E-state index in [1.165, 1.54) is 6.08 Å². The van der Waals surface area contributed by atoms with Gasteiger partial charge in [0.05, 0.1) is 7.11 Å². The minimum Gasteiger partial charge on any atom is -0.496 e. The molecule has 0 saturated heterocycles. The minimum absolute atomic E-state index is 0.0421. The number of methoxy groups -OCH3 is 1. The van der Waals surface area contributed by atoms with Gasteiger partial charge in [-0.1, -0.05) is 48.5 Å². The van der Waals surface area contributed by atoms with Crippen LogP contribution in [-0.4, -0.2) is 13.0 Å². The highest BCUT2D eigenvalue weighted by atomic mass is 16.5. The van der Waals surface area contributed by atoms with Crippen LogP contribution in [0, 0.1) is 11.3 Å². The first-order valence-corrected chi connectivity index (χ1v) is 6.81. The number of carbonyl (C=O) groups is 1. The zero-order chi connectivity index (χ0) is 15.8. The maximum absolute atomic E-state index is 12.1. The largest absolute Gasteiger partial charge is 0.496 e. The first kappa shape index (κ1) is 15.3. The number of ether oxygens (including phenoxy) is 1. The Morgan fingerprint density at radius 2 is 1.86 bits per heavy atom. The summed E-state index contributed by atoms with van der Waals surface area (Å²) in [7, 11) is 1.55. The van der Waals surface area contributed by atoms with Gasteiger partial charge in [0.15, 0.2) is 0 Å². The molecule has 1 amide bonds. The van der Waals surface area contributed by atoms with Gasteiger partial charge in [-0.15, -0.1) is 0 Å². The van der Waals surface area contributed by atoms with E-state index in [1.54, 1.807) is 19.2 Å². The minimum atomic E-state index is -0.405. The van der Waals surface area contributed by atoms with Gasteiger partial charge in [0.1, 0.15) is 17.4 Å². The smallest absolute Gasteiger partial charge is 0.262 e. The Morgan fingerprint density at radius 1 is 1.18 bits per heavy atom. The van der Waals surface area contributed by atoms with E-state index in [1.807, 2.05) is 48.5 Å². The summed E-state index contributed by atoms with van der Waals surface area (Å²) in [5.74, 6) is 0.211. The van der Waals surface area contributed by atoms with Gasteiger partial charge in [0.2, 0.25) is 0 Å². The fraction of sp³-hybridized carbons (Fsp3) is 0.111. The van der Waals surface area contributed by atoms with Crippen LogP contribution in [0.4, 0.5) is 0 Å². The number of nitrogens with one attached hydrogen (secondary N) is 1. The van der Waals surface area contributed by atoms with Crippen molar-refractivity contribution >= 4 is 12.0 Å². The maximum Gasteiger partial charge on any atom is 0.262 e. The van der Waals surface area contributed by atoms with Crippen LogP contribution in [0.3, 0.4) is 0 Å². The van der Waals surface area contributed by atoms with Gasteiger partial charge < -0.3 is 10.1 Å². The van der Waals surface area contributed by atoms with Crippen molar-refractivity contribution in [3.05, 3.63) is 71.3 Å². The van der Waals surface area contributed by atoms with Crippen molar-refractivity contribution in [1.29, 1.82) is 5.26 Å². The summed E-state index contributed by atoms with van der Waals surface area (Å²) < 4.78 is 5.21. The maximum atomic E-state index is 12.1. The zero-order valence-electron chi connectivity index (χ0n) is 12.2. The SMILES string of the molecule is COc1ccccc1/C=C(\C#N)C(=O)NCc1ccccc1. The predicted octanol–water partition coefficient (Wildman–Crippen LogP) is 2.92. The molecule has 0 fully saturated rings. The van der Waals surface area contributed by atoms with Crippen LogP contribution >= 0.6 is 0 Å². The highest BCUT2D eigenvalue weighted by Gasteiger charge is 2.10. The van der Waals surface area contributed by atoms with Crippen molar-refractivity contribution in [3.63, 3.8) is 0 Å². The lowest BCUT2D eigenvalue weighted by atomic mass is 10.1. The molecule has 110 valence electrons. The first-order valence-electron chi connectivity index (χ1n) is 6.81. The summed E-state index contributed by atoms with van der Waals surface area (Å²) in [6.07, 6.45) is 1.53. The second-order valence-electron chi connectivity index (χ2n) is 4.58. The van der Waals surface area contributed by atoms with Gasteiger partial charge in [-0.25, -0.2) is 0 Å². The monoisotopic (exact) mass is 292 g/mol. The molecule has 0 aliphatic heterocycles. The average Bonchev–Trinajstić information content (AvgIpc) is 2.58. The lowest BCUT2D eigenvalue weighted by Gasteiger charge is -2.06. The number of hydrogen-bond acceptors (Lipinski definition) is 3. The molecule has 0 aliphatic rings. The highest BCUT2D eigenvalue weighted by Crippen LogP contribution is 2.20. The van der Waals surface area contributed by atoms with E-state index in [0.29, 0.717) is 17.9 Å². The van der Waals surface area contributed by atoms with Gasteiger partial charge in [-0.2, -0.15) is 5.26 Å². The van der Waals surface area contributed by atoms with Gasteiger partial charge >= 0.3 is 0 Å². The quantitative estimate of drug-likeness (QED) is 0.681. The molecule has 0 bridgehead atoms. The van der Waals surface area contributed by atoms with E-state index in [9.17, 15) is 10.1 Å². The van der Waals surface area contributed by atoms with Crippen LogP contribution in [-0.2, 0) is 11.3 Å². The standard InChI is InChI=1S/C18H16N2O2/c1-22-17-10-6-5-9-15(17)11-16(12-19)18(21)20-13-14-7-3-2-4-8-14/h2-11H,13H2,1H3,(H,20,21)/b16-11+. The Hall–Kier alpha value is -3.06. The van der Waals surface area contributed by atoms with Crippen molar-refractivity contribution in [2.45, 2.75) is 6.54 Å². The number of carbonyl (C=O) groups excluding carboxylic acids is 1. The number of para-hydroxylation sites is 1. The summed E-state index contributed by atoms with van der Waals surface area (Å²) in [5, 5.41) is 11.9. The van der Waals surface area contributed by atoms with Crippen LogP contribution in [0.15, 0.2) is 60.2 Å². The van der Waals surface area contributed by atoms with E-state index in [-0.39, 0.29) is 5.57 Å². The second kappa shape index (κ2) is 7.65. The van der Waals surface area contributed by atoms with E-state index >= 15 is 0 Å². The molecule has 0 aromatic heterocycles. The summed E-state index contributed by atoms with van der Waals surface area (Å²) >= 11 is 0. The number of amides is 1. The van der Waals surface area contributed by atoms with Gasteiger partial charge in [0, 0.05) is 12.1 Å². The molecule has 4 nitrogen and oxygen atoms in total. The third-order valence-corrected chi connectivity index (χ3v) is 3.10. The Balaban J connectivity index is 2.12.